The number of carbonyl (C=O) groups is 1. The Morgan fingerprint density at radius 3 is 2.67 bits per heavy atom. The largest absolute Gasteiger partial charge is 0.326 e. The smallest absolute Gasteiger partial charge is 0.228 e. The number of aryl methyl sites for hydroxylation is 2. The molecule has 0 saturated carbocycles. The SMILES string of the molecule is Cc1ccc(CN2CCCC(C(=O)Nc3cccc(C)c3)C2)cc1. The van der Waals surface area contributed by atoms with Crippen molar-refractivity contribution in [3.05, 3.63) is 65.2 Å². The van der Waals surface area contributed by atoms with E-state index in [9.17, 15) is 4.79 Å². The lowest BCUT2D eigenvalue weighted by Crippen LogP contribution is -2.40. The number of hydrogen-bond acceptors (Lipinski definition) is 2. The van der Waals surface area contributed by atoms with Gasteiger partial charge in [-0.1, -0.05) is 42.0 Å². The number of piperidine rings is 1. The van der Waals surface area contributed by atoms with E-state index in [1.807, 2.05) is 31.2 Å². The van der Waals surface area contributed by atoms with E-state index in [0.29, 0.717) is 0 Å². The minimum Gasteiger partial charge on any atom is -0.326 e. The Kier molecular flexibility index (Phi) is 5.31. The Morgan fingerprint density at radius 2 is 1.92 bits per heavy atom. The molecule has 0 aromatic heterocycles. The average Bonchev–Trinajstić information content (AvgIpc) is 2.57. The highest BCUT2D eigenvalue weighted by Gasteiger charge is 2.25. The summed E-state index contributed by atoms with van der Waals surface area (Å²) in [5.41, 5.74) is 4.67. The van der Waals surface area contributed by atoms with E-state index in [-0.39, 0.29) is 11.8 Å². The zero-order chi connectivity index (χ0) is 16.9. The molecule has 2 aromatic rings. The summed E-state index contributed by atoms with van der Waals surface area (Å²) in [4.78, 5) is 15.0. The maximum absolute atomic E-state index is 12.6. The summed E-state index contributed by atoms with van der Waals surface area (Å²) in [6.45, 7) is 6.98. The van der Waals surface area contributed by atoms with E-state index < -0.39 is 0 Å². The normalized spacial score (nSPS) is 18.3. The van der Waals surface area contributed by atoms with E-state index in [1.165, 1.54) is 11.1 Å². The van der Waals surface area contributed by atoms with E-state index >= 15 is 0 Å². The van der Waals surface area contributed by atoms with Crippen molar-refractivity contribution in [2.75, 3.05) is 18.4 Å². The number of anilines is 1. The van der Waals surface area contributed by atoms with Crippen LogP contribution in [0.1, 0.15) is 29.5 Å². The van der Waals surface area contributed by atoms with Crippen LogP contribution in [0.15, 0.2) is 48.5 Å². The number of hydrogen-bond donors (Lipinski definition) is 1. The summed E-state index contributed by atoms with van der Waals surface area (Å²) >= 11 is 0. The molecule has 1 saturated heterocycles. The third-order valence-electron chi connectivity index (χ3n) is 4.69. The van der Waals surface area contributed by atoms with Gasteiger partial charge >= 0.3 is 0 Å². The van der Waals surface area contributed by atoms with Gasteiger partial charge in [-0.25, -0.2) is 0 Å². The van der Waals surface area contributed by atoms with Crippen molar-refractivity contribution in [1.29, 1.82) is 0 Å². The number of nitrogens with zero attached hydrogens (tertiary/aromatic N) is 1. The standard InChI is InChI=1S/C21H26N2O/c1-16-8-10-18(11-9-16)14-23-12-4-6-19(15-23)21(24)22-20-7-3-5-17(2)13-20/h3,5,7-11,13,19H,4,6,12,14-15H2,1-2H3,(H,22,24). The molecule has 0 spiro atoms. The van der Waals surface area contributed by atoms with Crippen molar-refractivity contribution in [3.8, 4) is 0 Å². The second-order valence-electron chi connectivity index (χ2n) is 6.92. The first-order chi connectivity index (χ1) is 11.6. The summed E-state index contributed by atoms with van der Waals surface area (Å²) in [5.74, 6) is 0.221. The van der Waals surface area contributed by atoms with Gasteiger partial charge < -0.3 is 5.32 Å². The van der Waals surface area contributed by atoms with Crippen LogP contribution in [0, 0.1) is 19.8 Å². The second-order valence-corrected chi connectivity index (χ2v) is 6.92. The molecule has 1 N–H and O–H groups in total. The van der Waals surface area contributed by atoms with Gasteiger partial charge in [0.15, 0.2) is 0 Å². The molecule has 3 heteroatoms. The van der Waals surface area contributed by atoms with Crippen LogP contribution in [0.25, 0.3) is 0 Å². The fourth-order valence-electron chi connectivity index (χ4n) is 3.33. The number of likely N-dealkylation sites (tertiary alicyclic amines) is 1. The molecule has 24 heavy (non-hydrogen) atoms. The van der Waals surface area contributed by atoms with Crippen molar-refractivity contribution < 1.29 is 4.79 Å². The molecular weight excluding hydrogens is 296 g/mol. The Morgan fingerprint density at radius 1 is 1.12 bits per heavy atom. The highest BCUT2D eigenvalue weighted by Crippen LogP contribution is 2.21. The van der Waals surface area contributed by atoms with Crippen LogP contribution in [-0.2, 0) is 11.3 Å². The van der Waals surface area contributed by atoms with Crippen LogP contribution in [0.2, 0.25) is 0 Å². The maximum Gasteiger partial charge on any atom is 0.228 e. The molecule has 1 atom stereocenters. The van der Waals surface area contributed by atoms with Gasteiger partial charge in [0.2, 0.25) is 5.91 Å². The van der Waals surface area contributed by atoms with E-state index in [4.69, 9.17) is 0 Å². The first-order valence-corrected chi connectivity index (χ1v) is 8.75. The molecular formula is C21H26N2O. The third-order valence-corrected chi connectivity index (χ3v) is 4.69. The number of amides is 1. The summed E-state index contributed by atoms with van der Waals surface area (Å²) in [6.07, 6.45) is 2.06. The van der Waals surface area contributed by atoms with Crippen LogP contribution >= 0.6 is 0 Å². The Hall–Kier alpha value is -2.13. The average molecular weight is 322 g/mol. The van der Waals surface area contributed by atoms with Crippen LogP contribution in [0.4, 0.5) is 5.69 Å². The topological polar surface area (TPSA) is 32.3 Å². The van der Waals surface area contributed by atoms with Crippen molar-refractivity contribution in [2.24, 2.45) is 5.92 Å². The van der Waals surface area contributed by atoms with Gasteiger partial charge in [-0.15, -0.1) is 0 Å². The fraction of sp³-hybridized carbons (Fsp3) is 0.381. The molecule has 1 heterocycles. The van der Waals surface area contributed by atoms with Gasteiger partial charge in [0, 0.05) is 18.8 Å². The molecule has 0 radical (unpaired) electrons. The molecule has 1 aliphatic rings. The summed E-state index contributed by atoms with van der Waals surface area (Å²) in [5, 5.41) is 3.08. The van der Waals surface area contributed by atoms with Crippen LogP contribution in [0.5, 0.6) is 0 Å². The summed E-state index contributed by atoms with van der Waals surface area (Å²) in [6, 6.07) is 16.7. The van der Waals surface area contributed by atoms with Crippen molar-refractivity contribution >= 4 is 11.6 Å². The van der Waals surface area contributed by atoms with Gasteiger partial charge in [0.1, 0.15) is 0 Å². The predicted molar refractivity (Wildman–Crippen MR) is 99.0 cm³/mol. The van der Waals surface area contributed by atoms with Gasteiger partial charge in [-0.05, 0) is 56.5 Å². The Bertz CT molecular complexity index is 693. The first-order valence-electron chi connectivity index (χ1n) is 8.75. The zero-order valence-corrected chi connectivity index (χ0v) is 14.6. The van der Waals surface area contributed by atoms with Crippen LogP contribution in [0.3, 0.4) is 0 Å². The molecule has 0 bridgehead atoms. The van der Waals surface area contributed by atoms with E-state index in [0.717, 1.165) is 43.7 Å². The van der Waals surface area contributed by atoms with Crippen molar-refractivity contribution in [3.63, 3.8) is 0 Å². The fourth-order valence-corrected chi connectivity index (χ4v) is 3.33. The summed E-state index contributed by atoms with van der Waals surface area (Å²) < 4.78 is 0. The molecule has 1 amide bonds. The maximum atomic E-state index is 12.6. The summed E-state index contributed by atoms with van der Waals surface area (Å²) in [7, 11) is 0. The molecule has 1 aliphatic heterocycles. The number of benzene rings is 2. The first kappa shape index (κ1) is 16.7. The van der Waals surface area contributed by atoms with Gasteiger partial charge in [-0.2, -0.15) is 0 Å². The van der Waals surface area contributed by atoms with Gasteiger partial charge in [0.25, 0.3) is 0 Å². The van der Waals surface area contributed by atoms with Crippen LogP contribution < -0.4 is 5.32 Å². The minimum atomic E-state index is 0.0738. The third kappa shape index (κ3) is 4.45. The lowest BCUT2D eigenvalue weighted by Gasteiger charge is -2.32. The molecule has 3 nitrogen and oxygen atoms in total. The van der Waals surface area contributed by atoms with Crippen molar-refractivity contribution in [1.82, 2.24) is 4.90 Å². The predicted octanol–water partition coefficient (Wildman–Crippen LogP) is 4.15. The molecule has 0 aliphatic carbocycles. The lowest BCUT2D eigenvalue weighted by molar-refractivity contribution is -0.121. The molecule has 1 unspecified atom stereocenters. The number of nitrogens with one attached hydrogen (secondary N) is 1. The second kappa shape index (κ2) is 7.63. The number of carbonyl (C=O) groups excluding carboxylic acids is 1. The van der Waals surface area contributed by atoms with Gasteiger partial charge in [-0.3, -0.25) is 9.69 Å². The molecule has 3 rings (SSSR count). The Labute approximate surface area is 144 Å². The van der Waals surface area contributed by atoms with Gasteiger partial charge in [0.05, 0.1) is 5.92 Å². The van der Waals surface area contributed by atoms with Crippen molar-refractivity contribution in [2.45, 2.75) is 33.2 Å². The molecule has 1 fully saturated rings. The quantitative estimate of drug-likeness (QED) is 0.917. The molecule has 2 aromatic carbocycles. The highest BCUT2D eigenvalue weighted by molar-refractivity contribution is 5.92. The Balaban J connectivity index is 1.58. The van der Waals surface area contributed by atoms with E-state index in [1.54, 1.807) is 0 Å². The lowest BCUT2D eigenvalue weighted by atomic mass is 9.96. The van der Waals surface area contributed by atoms with Crippen LogP contribution in [-0.4, -0.2) is 23.9 Å². The highest BCUT2D eigenvalue weighted by atomic mass is 16.1. The van der Waals surface area contributed by atoms with E-state index in [2.05, 4.69) is 41.4 Å². The number of rotatable bonds is 4. The monoisotopic (exact) mass is 322 g/mol. The molecule has 126 valence electrons. The minimum absolute atomic E-state index is 0.0738. The zero-order valence-electron chi connectivity index (χ0n) is 14.6.